The molecule has 0 saturated carbocycles. The maximum absolute atomic E-state index is 11.7. The third-order valence-corrected chi connectivity index (χ3v) is 2.32. The molecule has 3 nitrogen and oxygen atoms in total. The highest BCUT2D eigenvalue weighted by atomic mass is 16.1. The molecule has 0 heterocycles. The molecule has 1 unspecified atom stereocenters. The first kappa shape index (κ1) is 13.0. The van der Waals surface area contributed by atoms with Gasteiger partial charge in [-0.25, -0.2) is 0 Å². The molecule has 17 heavy (non-hydrogen) atoms. The van der Waals surface area contributed by atoms with Crippen LogP contribution in [0.1, 0.15) is 12.5 Å². The van der Waals surface area contributed by atoms with Crippen molar-refractivity contribution in [3.05, 3.63) is 48.0 Å². The lowest BCUT2D eigenvalue weighted by Crippen LogP contribution is -2.32. The molecule has 0 radical (unpaired) electrons. The Balaban J connectivity index is 2.57. The van der Waals surface area contributed by atoms with Crippen LogP contribution in [0, 0.1) is 17.2 Å². The zero-order chi connectivity index (χ0) is 12.7. The van der Waals surface area contributed by atoms with Crippen molar-refractivity contribution in [2.45, 2.75) is 13.3 Å². The molecule has 0 aliphatic heterocycles. The Hall–Kier alpha value is -2.08. The lowest BCUT2D eigenvalue weighted by Gasteiger charge is -2.10. The summed E-state index contributed by atoms with van der Waals surface area (Å²) in [4.78, 5) is 11.7. The van der Waals surface area contributed by atoms with Gasteiger partial charge in [-0.3, -0.25) is 4.79 Å². The number of nitriles is 1. The summed E-state index contributed by atoms with van der Waals surface area (Å²) in [5.74, 6) is -0.879. The number of nitrogens with one attached hydrogen (secondary N) is 1. The van der Waals surface area contributed by atoms with Crippen LogP contribution >= 0.6 is 0 Å². The van der Waals surface area contributed by atoms with Crippen LogP contribution in [0.2, 0.25) is 0 Å². The van der Waals surface area contributed by atoms with E-state index in [0.29, 0.717) is 13.0 Å². The Bertz CT molecular complexity index is 431. The summed E-state index contributed by atoms with van der Waals surface area (Å²) < 4.78 is 0. The van der Waals surface area contributed by atoms with E-state index < -0.39 is 5.92 Å². The average molecular weight is 228 g/mol. The van der Waals surface area contributed by atoms with Gasteiger partial charge in [0.25, 0.3) is 0 Å². The van der Waals surface area contributed by atoms with E-state index in [-0.39, 0.29) is 5.91 Å². The SMILES string of the molecule is C=C(C)CNC(=O)C(C#N)Cc1ccccc1. The zero-order valence-electron chi connectivity index (χ0n) is 9.94. The van der Waals surface area contributed by atoms with Gasteiger partial charge in [0.2, 0.25) is 5.91 Å². The minimum absolute atomic E-state index is 0.237. The van der Waals surface area contributed by atoms with Crippen molar-refractivity contribution < 1.29 is 4.79 Å². The highest BCUT2D eigenvalue weighted by Crippen LogP contribution is 2.08. The van der Waals surface area contributed by atoms with Crippen molar-refractivity contribution in [2.75, 3.05) is 6.54 Å². The number of hydrogen-bond donors (Lipinski definition) is 1. The number of nitrogens with zero attached hydrogens (tertiary/aromatic N) is 1. The molecule has 0 aromatic heterocycles. The summed E-state index contributed by atoms with van der Waals surface area (Å²) in [5.41, 5.74) is 1.86. The minimum Gasteiger partial charge on any atom is -0.351 e. The standard InChI is InChI=1S/C14H16N2O/c1-11(2)10-16-14(17)13(9-15)8-12-6-4-3-5-7-12/h3-7,13H,1,8,10H2,2H3,(H,16,17). The molecule has 1 N–H and O–H groups in total. The molecule has 3 heteroatoms. The van der Waals surface area contributed by atoms with Gasteiger partial charge in [0.1, 0.15) is 5.92 Å². The highest BCUT2D eigenvalue weighted by molar-refractivity contribution is 5.81. The quantitative estimate of drug-likeness (QED) is 0.784. The second kappa shape index (κ2) is 6.49. The summed E-state index contributed by atoms with van der Waals surface area (Å²) in [5, 5.41) is 11.7. The zero-order valence-corrected chi connectivity index (χ0v) is 9.94. The Morgan fingerprint density at radius 1 is 1.47 bits per heavy atom. The van der Waals surface area contributed by atoms with Crippen molar-refractivity contribution in [1.29, 1.82) is 5.26 Å². The van der Waals surface area contributed by atoms with E-state index in [2.05, 4.69) is 11.9 Å². The molecule has 0 aliphatic carbocycles. The molecule has 0 spiro atoms. The van der Waals surface area contributed by atoms with Crippen molar-refractivity contribution in [2.24, 2.45) is 5.92 Å². The van der Waals surface area contributed by atoms with Gasteiger partial charge in [-0.2, -0.15) is 5.26 Å². The summed E-state index contributed by atoms with van der Waals surface area (Å²) in [6.07, 6.45) is 0.444. The van der Waals surface area contributed by atoms with E-state index in [4.69, 9.17) is 5.26 Å². The number of hydrogen-bond acceptors (Lipinski definition) is 2. The van der Waals surface area contributed by atoms with Gasteiger partial charge in [-0.1, -0.05) is 42.5 Å². The van der Waals surface area contributed by atoms with E-state index >= 15 is 0 Å². The predicted molar refractivity (Wildman–Crippen MR) is 67.1 cm³/mol. The summed E-state index contributed by atoms with van der Waals surface area (Å²) >= 11 is 0. The fraction of sp³-hybridized carbons (Fsp3) is 0.286. The van der Waals surface area contributed by atoms with Crippen LogP contribution in [-0.4, -0.2) is 12.5 Å². The number of benzene rings is 1. The van der Waals surface area contributed by atoms with Gasteiger partial charge in [0.15, 0.2) is 0 Å². The van der Waals surface area contributed by atoms with Gasteiger partial charge in [0.05, 0.1) is 6.07 Å². The molecule has 0 fully saturated rings. The van der Waals surface area contributed by atoms with Crippen LogP contribution in [0.15, 0.2) is 42.5 Å². The normalized spacial score (nSPS) is 11.3. The maximum atomic E-state index is 11.7. The minimum atomic E-state index is -0.642. The Morgan fingerprint density at radius 3 is 2.65 bits per heavy atom. The Kier molecular flexibility index (Phi) is 4.96. The molecule has 0 aliphatic rings. The number of amides is 1. The van der Waals surface area contributed by atoms with Gasteiger partial charge in [0, 0.05) is 6.54 Å². The highest BCUT2D eigenvalue weighted by Gasteiger charge is 2.17. The van der Waals surface area contributed by atoms with Crippen LogP contribution in [0.25, 0.3) is 0 Å². The second-order valence-electron chi connectivity index (χ2n) is 4.05. The monoisotopic (exact) mass is 228 g/mol. The van der Waals surface area contributed by atoms with E-state index in [1.807, 2.05) is 43.3 Å². The average Bonchev–Trinajstić information content (AvgIpc) is 2.34. The van der Waals surface area contributed by atoms with Crippen LogP contribution in [0.4, 0.5) is 0 Å². The summed E-state index contributed by atoms with van der Waals surface area (Å²) in [6.45, 7) is 5.95. The third-order valence-electron chi connectivity index (χ3n) is 2.32. The lowest BCUT2D eigenvalue weighted by atomic mass is 10.00. The number of rotatable bonds is 5. The molecular weight excluding hydrogens is 212 g/mol. The van der Waals surface area contributed by atoms with E-state index in [0.717, 1.165) is 11.1 Å². The molecule has 1 atom stereocenters. The molecule has 88 valence electrons. The van der Waals surface area contributed by atoms with Gasteiger partial charge >= 0.3 is 0 Å². The van der Waals surface area contributed by atoms with Gasteiger partial charge in [-0.05, 0) is 18.9 Å². The second-order valence-corrected chi connectivity index (χ2v) is 4.05. The van der Waals surface area contributed by atoms with E-state index in [1.165, 1.54) is 0 Å². The van der Waals surface area contributed by atoms with Crippen molar-refractivity contribution in [3.8, 4) is 6.07 Å². The molecule has 1 aromatic rings. The fourth-order valence-corrected chi connectivity index (χ4v) is 1.41. The van der Waals surface area contributed by atoms with Gasteiger partial charge < -0.3 is 5.32 Å². The first-order valence-corrected chi connectivity index (χ1v) is 5.49. The Labute approximate surface area is 102 Å². The molecule has 0 bridgehead atoms. The van der Waals surface area contributed by atoms with Crippen molar-refractivity contribution in [3.63, 3.8) is 0 Å². The smallest absolute Gasteiger partial charge is 0.237 e. The molecule has 1 amide bonds. The topological polar surface area (TPSA) is 52.9 Å². The molecular formula is C14H16N2O. The lowest BCUT2D eigenvalue weighted by molar-refractivity contribution is -0.123. The largest absolute Gasteiger partial charge is 0.351 e. The first-order valence-electron chi connectivity index (χ1n) is 5.49. The van der Waals surface area contributed by atoms with Crippen LogP contribution in [-0.2, 0) is 11.2 Å². The number of carbonyl (C=O) groups excluding carboxylic acids is 1. The van der Waals surface area contributed by atoms with Crippen LogP contribution < -0.4 is 5.32 Å². The summed E-state index contributed by atoms with van der Waals surface area (Å²) in [7, 11) is 0. The van der Waals surface area contributed by atoms with E-state index in [1.54, 1.807) is 0 Å². The molecule has 1 aromatic carbocycles. The molecule has 1 rings (SSSR count). The van der Waals surface area contributed by atoms with Crippen molar-refractivity contribution in [1.82, 2.24) is 5.32 Å². The van der Waals surface area contributed by atoms with Crippen LogP contribution in [0.3, 0.4) is 0 Å². The predicted octanol–water partition coefficient (Wildman–Crippen LogP) is 2.06. The first-order chi connectivity index (χ1) is 8.13. The molecule has 0 saturated heterocycles. The van der Waals surface area contributed by atoms with Crippen molar-refractivity contribution >= 4 is 5.91 Å². The fourth-order valence-electron chi connectivity index (χ4n) is 1.41. The van der Waals surface area contributed by atoms with E-state index in [9.17, 15) is 4.79 Å². The van der Waals surface area contributed by atoms with Crippen LogP contribution in [0.5, 0.6) is 0 Å². The maximum Gasteiger partial charge on any atom is 0.237 e. The Morgan fingerprint density at radius 2 is 2.12 bits per heavy atom. The summed E-state index contributed by atoms with van der Waals surface area (Å²) in [6, 6.07) is 11.6. The third kappa shape index (κ3) is 4.52. The van der Waals surface area contributed by atoms with Gasteiger partial charge in [-0.15, -0.1) is 0 Å². The number of carbonyl (C=O) groups is 1.